The van der Waals surface area contributed by atoms with Crippen LogP contribution in [-0.4, -0.2) is 16.1 Å². The maximum absolute atomic E-state index is 11.3. The molecule has 0 saturated carbocycles. The second-order valence-corrected chi connectivity index (χ2v) is 5.79. The molecular formula is C19H19NO2. The van der Waals surface area contributed by atoms with E-state index in [0.29, 0.717) is 0 Å². The van der Waals surface area contributed by atoms with E-state index < -0.39 is 5.97 Å². The first kappa shape index (κ1) is 14.4. The lowest BCUT2D eigenvalue weighted by molar-refractivity contribution is -0.136. The molecule has 3 aromatic rings. The molecule has 0 aliphatic heterocycles. The Labute approximate surface area is 129 Å². The Kier molecular flexibility index (Phi) is 3.49. The van der Waals surface area contributed by atoms with Crippen LogP contribution in [-0.2, 0) is 11.2 Å². The average Bonchev–Trinajstić information content (AvgIpc) is 2.82. The summed E-state index contributed by atoms with van der Waals surface area (Å²) in [5.74, 6) is -0.811. The Morgan fingerprint density at radius 2 is 1.77 bits per heavy atom. The molecule has 0 atom stereocenters. The van der Waals surface area contributed by atoms with Gasteiger partial charge in [-0.15, -0.1) is 0 Å². The minimum absolute atomic E-state index is 0.0200. The molecule has 1 heterocycles. The zero-order valence-corrected chi connectivity index (χ0v) is 13.0. The molecule has 0 unspecified atom stereocenters. The van der Waals surface area contributed by atoms with Crippen LogP contribution in [0, 0.1) is 20.8 Å². The minimum Gasteiger partial charge on any atom is -0.481 e. The molecule has 112 valence electrons. The fourth-order valence-corrected chi connectivity index (χ4v) is 2.98. The van der Waals surface area contributed by atoms with Crippen molar-refractivity contribution in [3.05, 3.63) is 58.7 Å². The predicted molar refractivity (Wildman–Crippen MR) is 89.3 cm³/mol. The normalized spacial score (nSPS) is 11.0. The fraction of sp³-hybridized carbons (Fsp3) is 0.211. The molecule has 22 heavy (non-hydrogen) atoms. The van der Waals surface area contributed by atoms with Crippen LogP contribution in [0.5, 0.6) is 0 Å². The van der Waals surface area contributed by atoms with E-state index in [2.05, 4.69) is 24.9 Å². The second-order valence-electron chi connectivity index (χ2n) is 5.79. The highest BCUT2D eigenvalue weighted by atomic mass is 16.4. The molecule has 2 N–H and O–H groups in total. The van der Waals surface area contributed by atoms with Gasteiger partial charge in [0.05, 0.1) is 12.1 Å². The first-order valence-corrected chi connectivity index (χ1v) is 7.37. The Hall–Kier alpha value is -2.55. The van der Waals surface area contributed by atoms with E-state index in [1.807, 2.05) is 37.3 Å². The molecule has 3 rings (SSSR count). The third-order valence-electron chi connectivity index (χ3n) is 4.36. The van der Waals surface area contributed by atoms with Crippen molar-refractivity contribution in [3.8, 4) is 11.3 Å². The third-order valence-corrected chi connectivity index (χ3v) is 4.36. The highest BCUT2D eigenvalue weighted by Crippen LogP contribution is 2.34. The number of nitrogens with one attached hydrogen (secondary N) is 1. The number of benzene rings is 2. The second kappa shape index (κ2) is 5.34. The SMILES string of the molecule is Cc1ccccc1-c1[nH]c2c(C)c(C)ccc2c1CC(=O)O. The first-order valence-electron chi connectivity index (χ1n) is 7.37. The molecule has 2 aromatic carbocycles. The first-order chi connectivity index (χ1) is 10.5. The number of carbonyl (C=O) groups is 1. The Balaban J connectivity index is 2.36. The number of hydrogen-bond donors (Lipinski definition) is 2. The summed E-state index contributed by atoms with van der Waals surface area (Å²) < 4.78 is 0. The molecule has 0 bridgehead atoms. The predicted octanol–water partition coefficient (Wildman–Crippen LogP) is 4.39. The lowest BCUT2D eigenvalue weighted by Gasteiger charge is -2.06. The van der Waals surface area contributed by atoms with Crippen LogP contribution in [0.4, 0.5) is 0 Å². The maximum Gasteiger partial charge on any atom is 0.307 e. The van der Waals surface area contributed by atoms with E-state index in [0.717, 1.165) is 33.3 Å². The molecule has 0 radical (unpaired) electrons. The van der Waals surface area contributed by atoms with Crippen molar-refractivity contribution in [2.24, 2.45) is 0 Å². The van der Waals surface area contributed by atoms with Crippen LogP contribution in [0.3, 0.4) is 0 Å². The van der Waals surface area contributed by atoms with Gasteiger partial charge in [-0.2, -0.15) is 0 Å². The van der Waals surface area contributed by atoms with Gasteiger partial charge in [0.25, 0.3) is 0 Å². The highest BCUT2D eigenvalue weighted by Gasteiger charge is 2.18. The van der Waals surface area contributed by atoms with Crippen molar-refractivity contribution in [1.82, 2.24) is 4.98 Å². The molecule has 3 heteroatoms. The lowest BCUT2D eigenvalue weighted by atomic mass is 9.98. The number of H-pyrrole nitrogens is 1. The summed E-state index contributed by atoms with van der Waals surface area (Å²) in [5.41, 5.74) is 7.39. The number of carboxylic acid groups (broad SMARTS) is 1. The Bertz CT molecular complexity index is 875. The number of rotatable bonds is 3. The summed E-state index contributed by atoms with van der Waals surface area (Å²) in [6, 6.07) is 12.1. The summed E-state index contributed by atoms with van der Waals surface area (Å²) in [5, 5.41) is 10.3. The topological polar surface area (TPSA) is 53.1 Å². The monoisotopic (exact) mass is 293 g/mol. The number of hydrogen-bond acceptors (Lipinski definition) is 1. The van der Waals surface area contributed by atoms with E-state index in [-0.39, 0.29) is 6.42 Å². The number of aromatic nitrogens is 1. The van der Waals surface area contributed by atoms with Gasteiger partial charge < -0.3 is 10.1 Å². The molecular weight excluding hydrogens is 274 g/mol. The van der Waals surface area contributed by atoms with Gasteiger partial charge >= 0.3 is 5.97 Å². The fourth-order valence-electron chi connectivity index (χ4n) is 2.98. The van der Waals surface area contributed by atoms with Crippen molar-refractivity contribution in [2.75, 3.05) is 0 Å². The quantitative estimate of drug-likeness (QED) is 0.752. The largest absolute Gasteiger partial charge is 0.481 e. The number of aromatic amines is 1. The molecule has 1 aromatic heterocycles. The van der Waals surface area contributed by atoms with Crippen LogP contribution in [0.1, 0.15) is 22.3 Å². The van der Waals surface area contributed by atoms with E-state index in [9.17, 15) is 9.90 Å². The minimum atomic E-state index is -0.811. The van der Waals surface area contributed by atoms with E-state index in [1.54, 1.807) is 0 Å². The van der Waals surface area contributed by atoms with Gasteiger partial charge in [-0.1, -0.05) is 36.4 Å². The van der Waals surface area contributed by atoms with Gasteiger partial charge in [0.1, 0.15) is 0 Å². The number of carboxylic acids is 1. The van der Waals surface area contributed by atoms with Gasteiger partial charge in [0, 0.05) is 16.5 Å². The standard InChI is InChI=1S/C19H19NO2/c1-11-8-9-15-16(10-17(21)22)19(20-18(15)13(11)3)14-7-5-4-6-12(14)2/h4-9,20H,10H2,1-3H3,(H,21,22). The van der Waals surface area contributed by atoms with Crippen molar-refractivity contribution < 1.29 is 9.90 Å². The number of fused-ring (bicyclic) bond motifs is 1. The van der Waals surface area contributed by atoms with Crippen LogP contribution < -0.4 is 0 Å². The zero-order valence-electron chi connectivity index (χ0n) is 13.0. The van der Waals surface area contributed by atoms with E-state index in [4.69, 9.17) is 0 Å². The zero-order chi connectivity index (χ0) is 15.9. The van der Waals surface area contributed by atoms with Gasteiger partial charge in [0.2, 0.25) is 0 Å². The van der Waals surface area contributed by atoms with Crippen LogP contribution in [0.25, 0.3) is 22.2 Å². The van der Waals surface area contributed by atoms with Crippen LogP contribution >= 0.6 is 0 Å². The van der Waals surface area contributed by atoms with E-state index >= 15 is 0 Å². The third kappa shape index (κ3) is 2.29. The smallest absolute Gasteiger partial charge is 0.307 e. The maximum atomic E-state index is 11.3. The molecule has 0 spiro atoms. The van der Waals surface area contributed by atoms with Crippen LogP contribution in [0.15, 0.2) is 36.4 Å². The highest BCUT2D eigenvalue weighted by molar-refractivity contribution is 5.96. The van der Waals surface area contributed by atoms with Gasteiger partial charge in [-0.25, -0.2) is 0 Å². The number of aryl methyl sites for hydroxylation is 3. The van der Waals surface area contributed by atoms with Crippen molar-refractivity contribution in [3.63, 3.8) is 0 Å². The lowest BCUT2D eigenvalue weighted by Crippen LogP contribution is -2.01. The molecule has 0 saturated heterocycles. The van der Waals surface area contributed by atoms with E-state index in [1.165, 1.54) is 11.1 Å². The molecule has 0 amide bonds. The summed E-state index contributed by atoms with van der Waals surface area (Å²) in [6.07, 6.45) is 0.0200. The van der Waals surface area contributed by atoms with Crippen molar-refractivity contribution in [2.45, 2.75) is 27.2 Å². The van der Waals surface area contributed by atoms with Crippen molar-refractivity contribution >= 4 is 16.9 Å². The number of aliphatic carboxylic acids is 1. The molecule has 0 aliphatic carbocycles. The summed E-state index contributed by atoms with van der Waals surface area (Å²) in [4.78, 5) is 14.8. The van der Waals surface area contributed by atoms with Crippen LogP contribution in [0.2, 0.25) is 0 Å². The van der Waals surface area contributed by atoms with Gasteiger partial charge in [-0.05, 0) is 43.0 Å². The van der Waals surface area contributed by atoms with Gasteiger partial charge in [-0.3, -0.25) is 4.79 Å². The molecule has 3 nitrogen and oxygen atoms in total. The Morgan fingerprint density at radius 1 is 1.05 bits per heavy atom. The molecule has 0 aliphatic rings. The Morgan fingerprint density at radius 3 is 2.45 bits per heavy atom. The summed E-state index contributed by atoms with van der Waals surface area (Å²) >= 11 is 0. The van der Waals surface area contributed by atoms with Crippen molar-refractivity contribution in [1.29, 1.82) is 0 Å². The summed E-state index contributed by atoms with van der Waals surface area (Å²) in [6.45, 7) is 6.18. The molecule has 0 fully saturated rings. The van der Waals surface area contributed by atoms with Gasteiger partial charge in [0.15, 0.2) is 0 Å². The average molecular weight is 293 g/mol. The summed E-state index contributed by atoms with van der Waals surface area (Å²) in [7, 11) is 0.